The molecule has 0 saturated carbocycles. The molecule has 0 fully saturated rings. The lowest BCUT2D eigenvalue weighted by Gasteiger charge is -1.91. The summed E-state index contributed by atoms with van der Waals surface area (Å²) in [6.07, 6.45) is 1.45. The smallest absolute Gasteiger partial charge is 0.196 e. The highest BCUT2D eigenvalue weighted by atomic mass is 16.3. The monoisotopic (exact) mass is 125 g/mol. The second-order valence-corrected chi connectivity index (χ2v) is 1.81. The highest BCUT2D eigenvalue weighted by molar-refractivity contribution is 5.25. The molecule has 0 aromatic carbocycles. The van der Waals surface area contributed by atoms with E-state index in [1.54, 1.807) is 11.6 Å². The van der Waals surface area contributed by atoms with Crippen LogP contribution in [0.4, 0.5) is 5.82 Å². The summed E-state index contributed by atoms with van der Waals surface area (Å²) >= 11 is 0. The number of nitroso groups, excluding NO2 is 1. The SMILES string of the molecule is Cc1ncc(N=O)n1C. The van der Waals surface area contributed by atoms with E-state index in [4.69, 9.17) is 0 Å². The molecule has 1 aromatic rings. The summed E-state index contributed by atoms with van der Waals surface area (Å²) < 4.78 is 1.63. The fraction of sp³-hybridized carbons (Fsp3) is 0.400. The fourth-order valence-corrected chi connectivity index (χ4v) is 0.575. The van der Waals surface area contributed by atoms with Gasteiger partial charge in [0.05, 0.1) is 6.20 Å². The number of rotatable bonds is 1. The van der Waals surface area contributed by atoms with Crippen LogP contribution in [0.2, 0.25) is 0 Å². The number of hydrogen-bond donors (Lipinski definition) is 0. The minimum atomic E-state index is 0.368. The quantitative estimate of drug-likeness (QED) is 0.528. The molecule has 9 heavy (non-hydrogen) atoms. The predicted molar refractivity (Wildman–Crippen MR) is 33.4 cm³/mol. The molecule has 1 heterocycles. The highest BCUT2D eigenvalue weighted by Crippen LogP contribution is 2.09. The zero-order valence-corrected chi connectivity index (χ0v) is 5.33. The Morgan fingerprint density at radius 1 is 1.78 bits per heavy atom. The molecule has 0 N–H and O–H groups in total. The third-order valence-electron chi connectivity index (χ3n) is 1.29. The van der Waals surface area contributed by atoms with Gasteiger partial charge in [0.1, 0.15) is 5.82 Å². The van der Waals surface area contributed by atoms with Crippen molar-refractivity contribution >= 4 is 5.82 Å². The summed E-state index contributed by atoms with van der Waals surface area (Å²) in [5, 5.41) is 2.74. The van der Waals surface area contributed by atoms with Crippen LogP contribution in [-0.2, 0) is 7.05 Å². The van der Waals surface area contributed by atoms with Gasteiger partial charge in [0, 0.05) is 7.05 Å². The second kappa shape index (κ2) is 1.97. The van der Waals surface area contributed by atoms with Crippen molar-refractivity contribution in [2.75, 3.05) is 0 Å². The summed E-state index contributed by atoms with van der Waals surface area (Å²) in [5.41, 5.74) is 0. The van der Waals surface area contributed by atoms with Crippen LogP contribution in [0, 0.1) is 11.8 Å². The van der Waals surface area contributed by atoms with Gasteiger partial charge in [0.15, 0.2) is 5.82 Å². The van der Waals surface area contributed by atoms with Gasteiger partial charge in [-0.25, -0.2) is 4.98 Å². The molecule has 4 nitrogen and oxygen atoms in total. The van der Waals surface area contributed by atoms with Crippen molar-refractivity contribution < 1.29 is 0 Å². The van der Waals surface area contributed by atoms with Crippen LogP contribution in [0.5, 0.6) is 0 Å². The summed E-state index contributed by atoms with van der Waals surface area (Å²) in [5.74, 6) is 1.16. The Kier molecular flexibility index (Phi) is 1.30. The maximum absolute atomic E-state index is 9.93. The average molecular weight is 125 g/mol. The van der Waals surface area contributed by atoms with Crippen LogP contribution >= 0.6 is 0 Å². The van der Waals surface area contributed by atoms with Gasteiger partial charge < -0.3 is 4.57 Å². The molecule has 48 valence electrons. The third-order valence-corrected chi connectivity index (χ3v) is 1.29. The third kappa shape index (κ3) is 0.826. The van der Waals surface area contributed by atoms with Gasteiger partial charge in [0.25, 0.3) is 0 Å². The Morgan fingerprint density at radius 3 is 2.67 bits per heavy atom. The summed E-state index contributed by atoms with van der Waals surface area (Å²) in [6, 6.07) is 0. The van der Waals surface area contributed by atoms with Gasteiger partial charge in [-0.05, 0) is 12.1 Å². The van der Waals surface area contributed by atoms with Crippen LogP contribution in [0.15, 0.2) is 11.4 Å². The van der Waals surface area contributed by atoms with Crippen LogP contribution in [-0.4, -0.2) is 9.55 Å². The highest BCUT2D eigenvalue weighted by Gasteiger charge is 1.99. The molecule has 1 aromatic heterocycles. The summed E-state index contributed by atoms with van der Waals surface area (Å²) in [4.78, 5) is 13.8. The number of nitrogens with zero attached hydrogens (tertiary/aromatic N) is 3. The summed E-state index contributed by atoms with van der Waals surface area (Å²) in [6.45, 7) is 1.81. The molecule has 0 amide bonds. The van der Waals surface area contributed by atoms with E-state index in [0.29, 0.717) is 5.82 Å². The maximum Gasteiger partial charge on any atom is 0.196 e. The first-order chi connectivity index (χ1) is 4.25. The van der Waals surface area contributed by atoms with Gasteiger partial charge in [-0.15, -0.1) is 4.91 Å². The Morgan fingerprint density at radius 2 is 2.44 bits per heavy atom. The molecule has 0 spiro atoms. The largest absolute Gasteiger partial charge is 0.314 e. The minimum Gasteiger partial charge on any atom is -0.314 e. The Hall–Kier alpha value is -1.19. The van der Waals surface area contributed by atoms with Crippen molar-refractivity contribution in [1.29, 1.82) is 0 Å². The average Bonchev–Trinajstić information content (AvgIpc) is 2.15. The molecular weight excluding hydrogens is 118 g/mol. The standard InChI is InChI=1S/C5H7N3O/c1-4-6-3-5(7-9)8(4)2/h3H,1-2H3. The predicted octanol–water partition coefficient (Wildman–Crippen LogP) is 1.13. The molecule has 0 atom stereocenters. The molecule has 0 aliphatic carbocycles. The van der Waals surface area contributed by atoms with E-state index >= 15 is 0 Å². The Labute approximate surface area is 52.5 Å². The normalized spacial score (nSPS) is 9.56. The van der Waals surface area contributed by atoms with Crippen LogP contribution in [0.1, 0.15) is 5.82 Å². The zero-order chi connectivity index (χ0) is 6.85. The molecule has 4 heteroatoms. The lowest BCUT2D eigenvalue weighted by atomic mass is 10.7. The number of hydrogen-bond acceptors (Lipinski definition) is 3. The molecule has 0 aliphatic heterocycles. The molecule has 1 rings (SSSR count). The molecule has 0 saturated heterocycles. The first-order valence-electron chi connectivity index (χ1n) is 2.57. The van der Waals surface area contributed by atoms with Crippen molar-refractivity contribution in [1.82, 2.24) is 9.55 Å². The molecule has 0 aliphatic rings. The van der Waals surface area contributed by atoms with Crippen molar-refractivity contribution in [3.8, 4) is 0 Å². The lowest BCUT2D eigenvalue weighted by molar-refractivity contribution is 0.857. The van der Waals surface area contributed by atoms with E-state index in [1.807, 2.05) is 6.92 Å². The zero-order valence-electron chi connectivity index (χ0n) is 5.33. The van der Waals surface area contributed by atoms with Gasteiger partial charge >= 0.3 is 0 Å². The van der Waals surface area contributed by atoms with E-state index in [2.05, 4.69) is 10.2 Å². The van der Waals surface area contributed by atoms with Crippen molar-refractivity contribution in [2.24, 2.45) is 12.2 Å². The van der Waals surface area contributed by atoms with Gasteiger partial charge in [-0.1, -0.05) is 0 Å². The van der Waals surface area contributed by atoms with Crippen molar-refractivity contribution in [3.63, 3.8) is 0 Å². The fourth-order valence-electron chi connectivity index (χ4n) is 0.575. The van der Waals surface area contributed by atoms with Gasteiger partial charge in [0.2, 0.25) is 0 Å². The van der Waals surface area contributed by atoms with Gasteiger partial charge in [-0.3, -0.25) is 0 Å². The molecule has 0 bridgehead atoms. The Bertz CT molecular complexity index is 228. The molecule has 0 radical (unpaired) electrons. The van der Waals surface area contributed by atoms with Crippen molar-refractivity contribution in [3.05, 3.63) is 16.9 Å². The van der Waals surface area contributed by atoms with Crippen molar-refractivity contribution in [2.45, 2.75) is 6.92 Å². The van der Waals surface area contributed by atoms with Crippen LogP contribution < -0.4 is 0 Å². The minimum absolute atomic E-state index is 0.368. The van der Waals surface area contributed by atoms with E-state index in [0.717, 1.165) is 5.82 Å². The van der Waals surface area contributed by atoms with Crippen LogP contribution in [0.3, 0.4) is 0 Å². The number of aromatic nitrogens is 2. The van der Waals surface area contributed by atoms with Crippen LogP contribution in [0.25, 0.3) is 0 Å². The molecular formula is C5H7N3O. The van der Waals surface area contributed by atoms with Gasteiger partial charge in [-0.2, -0.15) is 0 Å². The first kappa shape index (κ1) is 5.94. The van der Waals surface area contributed by atoms with E-state index in [1.165, 1.54) is 6.20 Å². The summed E-state index contributed by atoms with van der Waals surface area (Å²) in [7, 11) is 1.75. The number of imidazole rings is 1. The second-order valence-electron chi connectivity index (χ2n) is 1.81. The van der Waals surface area contributed by atoms with E-state index in [-0.39, 0.29) is 0 Å². The topological polar surface area (TPSA) is 47.2 Å². The first-order valence-corrected chi connectivity index (χ1v) is 2.57. The number of aryl methyl sites for hydroxylation is 1. The maximum atomic E-state index is 9.93. The van der Waals surface area contributed by atoms with E-state index in [9.17, 15) is 4.91 Å². The van der Waals surface area contributed by atoms with E-state index < -0.39 is 0 Å². The molecule has 0 unspecified atom stereocenters. The Balaban J connectivity index is 3.18. The lowest BCUT2D eigenvalue weighted by Crippen LogP contribution is -1.88.